The van der Waals surface area contributed by atoms with Crippen molar-refractivity contribution in [3.8, 4) is 17.2 Å². The Kier molecular flexibility index (Phi) is 6.44. The number of fused-ring (bicyclic) bond motifs is 1. The second-order valence-electron chi connectivity index (χ2n) is 6.79. The van der Waals surface area contributed by atoms with Gasteiger partial charge in [-0.1, -0.05) is 18.2 Å². The normalized spacial score (nSPS) is 10.6. The van der Waals surface area contributed by atoms with Gasteiger partial charge in [-0.05, 0) is 29.8 Å². The minimum atomic E-state index is -0.740. The van der Waals surface area contributed by atoms with Crippen LogP contribution in [0, 0.1) is 0 Å². The Balaban J connectivity index is 1.95. The summed E-state index contributed by atoms with van der Waals surface area (Å²) in [4.78, 5) is 37.1. The summed E-state index contributed by atoms with van der Waals surface area (Å²) in [6.45, 7) is 0.0805. The minimum Gasteiger partial charge on any atom is -0.506 e. The third kappa shape index (κ3) is 4.45. The molecule has 2 amide bonds. The second kappa shape index (κ2) is 9.21. The highest BCUT2D eigenvalue weighted by Crippen LogP contribution is 2.28. The Hall–Kier alpha value is -4.01. The van der Waals surface area contributed by atoms with Crippen LogP contribution in [0.1, 0.15) is 22.3 Å². The third-order valence-electron chi connectivity index (χ3n) is 4.86. The summed E-state index contributed by atoms with van der Waals surface area (Å²) in [5.41, 5.74) is 5.22. The van der Waals surface area contributed by atoms with E-state index in [1.165, 1.54) is 18.8 Å². The Morgan fingerprint density at radius 2 is 1.81 bits per heavy atom. The zero-order chi connectivity index (χ0) is 22.5. The molecule has 2 aromatic carbocycles. The van der Waals surface area contributed by atoms with E-state index in [1.54, 1.807) is 42.5 Å². The number of benzene rings is 2. The number of para-hydroxylation sites is 1. The van der Waals surface area contributed by atoms with Crippen molar-refractivity contribution in [2.75, 3.05) is 14.2 Å². The van der Waals surface area contributed by atoms with Crippen molar-refractivity contribution in [3.05, 3.63) is 63.9 Å². The molecule has 0 spiro atoms. The van der Waals surface area contributed by atoms with Crippen molar-refractivity contribution >= 4 is 22.7 Å². The van der Waals surface area contributed by atoms with Crippen molar-refractivity contribution in [1.29, 1.82) is 0 Å². The van der Waals surface area contributed by atoms with Crippen LogP contribution in [0.2, 0.25) is 0 Å². The van der Waals surface area contributed by atoms with Gasteiger partial charge in [0.1, 0.15) is 11.3 Å². The van der Waals surface area contributed by atoms with Gasteiger partial charge >= 0.3 is 0 Å². The summed E-state index contributed by atoms with van der Waals surface area (Å²) in [5.74, 6) is -0.696. The Bertz CT molecular complexity index is 1200. The molecule has 0 saturated heterocycles. The van der Waals surface area contributed by atoms with Gasteiger partial charge in [0.2, 0.25) is 5.91 Å². The molecule has 31 heavy (non-hydrogen) atoms. The molecular formula is C22H23N3O6. The molecule has 0 aliphatic rings. The largest absolute Gasteiger partial charge is 0.506 e. The number of primary amides is 1. The van der Waals surface area contributed by atoms with Crippen molar-refractivity contribution in [2.24, 2.45) is 5.73 Å². The smallest absolute Gasteiger partial charge is 0.267 e. The number of aromatic nitrogens is 1. The summed E-state index contributed by atoms with van der Waals surface area (Å²) >= 11 is 0. The molecule has 162 valence electrons. The number of hydrogen-bond acceptors (Lipinski definition) is 6. The number of amides is 2. The van der Waals surface area contributed by atoms with Crippen LogP contribution in [-0.2, 0) is 17.9 Å². The molecule has 9 nitrogen and oxygen atoms in total. The minimum absolute atomic E-state index is 0.00901. The van der Waals surface area contributed by atoms with Crippen LogP contribution in [0.25, 0.3) is 10.9 Å². The number of nitrogens with zero attached hydrogens (tertiary/aromatic N) is 1. The topological polar surface area (TPSA) is 133 Å². The van der Waals surface area contributed by atoms with Gasteiger partial charge in [-0.2, -0.15) is 0 Å². The number of carbonyl (C=O) groups is 2. The molecular weight excluding hydrogens is 402 g/mol. The lowest BCUT2D eigenvalue weighted by Crippen LogP contribution is -2.34. The summed E-state index contributed by atoms with van der Waals surface area (Å²) in [7, 11) is 3.02. The van der Waals surface area contributed by atoms with Crippen LogP contribution in [-0.4, -0.2) is 35.7 Å². The molecule has 0 aliphatic heterocycles. The Morgan fingerprint density at radius 3 is 2.48 bits per heavy atom. The first kappa shape index (κ1) is 21.7. The molecule has 9 heteroatoms. The van der Waals surface area contributed by atoms with Gasteiger partial charge in [-0.25, -0.2) is 0 Å². The second-order valence-corrected chi connectivity index (χ2v) is 6.79. The average molecular weight is 425 g/mol. The van der Waals surface area contributed by atoms with Crippen LogP contribution < -0.4 is 26.1 Å². The van der Waals surface area contributed by atoms with E-state index < -0.39 is 28.7 Å². The first-order chi connectivity index (χ1) is 14.9. The van der Waals surface area contributed by atoms with Gasteiger partial charge < -0.3 is 30.2 Å². The number of ether oxygens (including phenoxy) is 2. The molecule has 0 saturated carbocycles. The first-order valence-electron chi connectivity index (χ1n) is 9.49. The summed E-state index contributed by atoms with van der Waals surface area (Å²) in [6, 6.07) is 11.7. The van der Waals surface area contributed by atoms with E-state index in [9.17, 15) is 19.5 Å². The fourth-order valence-electron chi connectivity index (χ4n) is 3.30. The van der Waals surface area contributed by atoms with E-state index in [1.807, 2.05) is 0 Å². The number of rotatable bonds is 8. The van der Waals surface area contributed by atoms with Gasteiger partial charge in [0.05, 0.1) is 19.7 Å². The van der Waals surface area contributed by atoms with Gasteiger partial charge in [0.25, 0.3) is 11.5 Å². The maximum atomic E-state index is 13.0. The molecule has 0 aliphatic carbocycles. The summed E-state index contributed by atoms with van der Waals surface area (Å²) < 4.78 is 11.7. The molecule has 4 N–H and O–H groups in total. The van der Waals surface area contributed by atoms with Crippen LogP contribution in [0.3, 0.4) is 0 Å². The van der Waals surface area contributed by atoms with Crippen molar-refractivity contribution in [3.63, 3.8) is 0 Å². The zero-order valence-electron chi connectivity index (χ0n) is 17.2. The monoisotopic (exact) mass is 425 g/mol. The lowest BCUT2D eigenvalue weighted by Gasteiger charge is -2.15. The molecule has 3 rings (SSSR count). The predicted octanol–water partition coefficient (Wildman–Crippen LogP) is 1.53. The Labute approximate surface area is 178 Å². The Morgan fingerprint density at radius 1 is 1.10 bits per heavy atom. The number of pyridine rings is 1. The molecule has 1 aromatic heterocycles. The van der Waals surface area contributed by atoms with E-state index in [4.69, 9.17) is 15.2 Å². The SMILES string of the molecule is COc1ccc(CNC(=O)c2c(O)c3ccccc3n(CCC(N)=O)c2=O)cc1OC. The lowest BCUT2D eigenvalue weighted by atomic mass is 10.1. The number of methoxy groups -OCH3 is 2. The van der Waals surface area contributed by atoms with Gasteiger partial charge in [0, 0.05) is 24.9 Å². The molecule has 0 fully saturated rings. The van der Waals surface area contributed by atoms with E-state index in [-0.39, 0.29) is 19.5 Å². The highest BCUT2D eigenvalue weighted by Gasteiger charge is 2.22. The van der Waals surface area contributed by atoms with E-state index in [0.717, 1.165) is 0 Å². The molecule has 0 radical (unpaired) electrons. The number of nitrogens with two attached hydrogens (primary N) is 1. The maximum Gasteiger partial charge on any atom is 0.267 e. The van der Waals surface area contributed by atoms with Gasteiger partial charge in [-0.15, -0.1) is 0 Å². The zero-order valence-corrected chi connectivity index (χ0v) is 17.2. The lowest BCUT2D eigenvalue weighted by molar-refractivity contribution is -0.118. The number of aromatic hydroxyl groups is 1. The third-order valence-corrected chi connectivity index (χ3v) is 4.86. The maximum absolute atomic E-state index is 13.0. The fourth-order valence-corrected chi connectivity index (χ4v) is 3.30. The molecule has 1 heterocycles. The van der Waals surface area contributed by atoms with Crippen molar-refractivity contribution in [2.45, 2.75) is 19.5 Å². The number of aryl methyl sites for hydroxylation is 1. The predicted molar refractivity (Wildman–Crippen MR) is 114 cm³/mol. The standard InChI is InChI=1S/C22H23N3O6/c1-30-16-8-7-13(11-17(16)31-2)12-24-21(28)19-20(27)14-5-3-4-6-15(14)25(22(19)29)10-9-18(23)26/h3-8,11,27H,9-10,12H2,1-2H3,(H2,23,26)(H,24,28). The molecule has 0 unspecified atom stereocenters. The highest BCUT2D eigenvalue weighted by atomic mass is 16.5. The summed E-state index contributed by atoms with van der Waals surface area (Å²) in [5, 5.41) is 13.6. The number of carbonyl (C=O) groups excluding carboxylic acids is 2. The van der Waals surface area contributed by atoms with Crippen LogP contribution in [0.4, 0.5) is 0 Å². The molecule has 0 atom stereocenters. The van der Waals surface area contributed by atoms with Crippen LogP contribution >= 0.6 is 0 Å². The van der Waals surface area contributed by atoms with Crippen LogP contribution in [0.5, 0.6) is 17.2 Å². The average Bonchev–Trinajstić information content (AvgIpc) is 2.77. The number of nitrogens with one attached hydrogen (secondary N) is 1. The molecule has 3 aromatic rings. The van der Waals surface area contributed by atoms with Gasteiger partial charge in [-0.3, -0.25) is 14.4 Å². The highest BCUT2D eigenvalue weighted by molar-refractivity contribution is 6.02. The fraction of sp³-hybridized carbons (Fsp3) is 0.227. The van der Waals surface area contributed by atoms with E-state index >= 15 is 0 Å². The summed E-state index contributed by atoms with van der Waals surface area (Å²) in [6.07, 6.45) is -0.0820. The van der Waals surface area contributed by atoms with E-state index in [0.29, 0.717) is 28.0 Å². The van der Waals surface area contributed by atoms with Crippen LogP contribution in [0.15, 0.2) is 47.3 Å². The van der Waals surface area contributed by atoms with Crippen molar-refractivity contribution in [1.82, 2.24) is 9.88 Å². The number of hydrogen-bond donors (Lipinski definition) is 3. The quantitative estimate of drug-likeness (QED) is 0.501. The molecule has 0 bridgehead atoms. The van der Waals surface area contributed by atoms with Gasteiger partial charge in [0.15, 0.2) is 11.5 Å². The van der Waals surface area contributed by atoms with E-state index in [2.05, 4.69) is 5.32 Å². The van der Waals surface area contributed by atoms with Crippen molar-refractivity contribution < 1.29 is 24.2 Å². The first-order valence-corrected chi connectivity index (χ1v) is 9.49.